The van der Waals surface area contributed by atoms with Crippen molar-refractivity contribution in [2.75, 3.05) is 5.32 Å². The fraction of sp³-hybridized carbons (Fsp3) is 0.125. The molecular weight excluding hydrogens is 569 g/mol. The van der Waals surface area contributed by atoms with E-state index in [1.165, 1.54) is 22.7 Å². The second-order valence-corrected chi connectivity index (χ2v) is 11.9. The molecule has 1 aliphatic rings. The normalized spacial score (nSPS) is 14.9. The number of hydrogen-bond acceptors (Lipinski definition) is 6. The topological polar surface area (TPSA) is 106 Å². The van der Waals surface area contributed by atoms with E-state index in [1.54, 1.807) is 35.8 Å². The standard InChI is InChI=1S/C32H26N4O4S2/c1-18-16-22(20(3)35(18)24-13-11-21(12-14-24)31(39)40)17-26-30(38)36-28(25-10-7-15-41-25)27(19(2)33-32(36)42-26)29(37)34-23-8-5-4-6-9-23/h4-17,28H,1-3H3,(H,34,37)(H,39,40)/b26-17-/t28-/m1/s1. The molecule has 0 radical (unpaired) electrons. The molecule has 0 fully saturated rings. The van der Waals surface area contributed by atoms with Crippen LogP contribution in [0.1, 0.15) is 45.2 Å². The lowest BCUT2D eigenvalue weighted by atomic mass is 10.0. The van der Waals surface area contributed by atoms with Crippen LogP contribution in [-0.4, -0.2) is 26.1 Å². The van der Waals surface area contributed by atoms with E-state index in [2.05, 4.69) is 5.32 Å². The molecule has 0 bridgehead atoms. The minimum atomic E-state index is -0.977. The van der Waals surface area contributed by atoms with Gasteiger partial charge in [0.1, 0.15) is 6.04 Å². The first-order valence-electron chi connectivity index (χ1n) is 13.2. The van der Waals surface area contributed by atoms with Gasteiger partial charge < -0.3 is 15.0 Å². The number of thiazole rings is 1. The number of aromatic nitrogens is 2. The van der Waals surface area contributed by atoms with Crippen molar-refractivity contribution in [3.8, 4) is 5.69 Å². The molecule has 2 aromatic carbocycles. The van der Waals surface area contributed by atoms with Gasteiger partial charge in [0, 0.05) is 27.6 Å². The van der Waals surface area contributed by atoms with Crippen LogP contribution in [0.5, 0.6) is 0 Å². The zero-order valence-corrected chi connectivity index (χ0v) is 24.6. The van der Waals surface area contributed by atoms with Crippen molar-refractivity contribution in [2.24, 2.45) is 4.99 Å². The fourth-order valence-corrected chi connectivity index (χ4v) is 7.13. The number of benzene rings is 2. The smallest absolute Gasteiger partial charge is 0.335 e. The number of nitrogens with zero attached hydrogens (tertiary/aromatic N) is 3. The summed E-state index contributed by atoms with van der Waals surface area (Å²) in [7, 11) is 0. The van der Waals surface area contributed by atoms with Crippen LogP contribution < -0.4 is 20.2 Å². The van der Waals surface area contributed by atoms with E-state index >= 15 is 0 Å². The van der Waals surface area contributed by atoms with Crippen molar-refractivity contribution in [3.63, 3.8) is 0 Å². The van der Waals surface area contributed by atoms with Crippen LogP contribution in [0.2, 0.25) is 0 Å². The van der Waals surface area contributed by atoms with Gasteiger partial charge in [-0.1, -0.05) is 35.6 Å². The number of para-hydroxylation sites is 1. The number of thiophene rings is 1. The Kier molecular flexibility index (Phi) is 7.09. The Balaban J connectivity index is 1.44. The SMILES string of the molecule is CC1=C(C(=O)Nc2ccccc2)[C@@H](c2cccs2)n2c(s/c(=C\c3cc(C)n(-c4ccc(C(=O)O)cc4)c3C)c2=O)=N1. The Labute approximate surface area is 248 Å². The summed E-state index contributed by atoms with van der Waals surface area (Å²) in [6.45, 7) is 5.74. The van der Waals surface area contributed by atoms with Crippen LogP contribution in [0, 0.1) is 13.8 Å². The minimum Gasteiger partial charge on any atom is -0.478 e. The quantitative estimate of drug-likeness (QED) is 0.287. The maximum Gasteiger partial charge on any atom is 0.335 e. The first kappa shape index (κ1) is 27.4. The summed E-state index contributed by atoms with van der Waals surface area (Å²) >= 11 is 2.79. The number of amides is 1. The highest BCUT2D eigenvalue weighted by molar-refractivity contribution is 7.10. The largest absolute Gasteiger partial charge is 0.478 e. The summed E-state index contributed by atoms with van der Waals surface area (Å²) in [5.41, 5.74) is 5.22. The molecule has 1 atom stereocenters. The van der Waals surface area contributed by atoms with Gasteiger partial charge in [-0.25, -0.2) is 9.79 Å². The van der Waals surface area contributed by atoms with E-state index in [-0.39, 0.29) is 17.0 Å². The fourth-order valence-electron chi connectivity index (χ4n) is 5.27. The van der Waals surface area contributed by atoms with Gasteiger partial charge in [-0.3, -0.25) is 14.2 Å². The van der Waals surface area contributed by atoms with E-state index in [0.29, 0.717) is 26.3 Å². The lowest BCUT2D eigenvalue weighted by Gasteiger charge is -2.24. The number of nitrogens with one attached hydrogen (secondary N) is 1. The highest BCUT2D eigenvalue weighted by Crippen LogP contribution is 2.33. The van der Waals surface area contributed by atoms with E-state index in [0.717, 1.165) is 27.5 Å². The number of aryl methyl sites for hydroxylation is 1. The summed E-state index contributed by atoms with van der Waals surface area (Å²) in [6.07, 6.45) is 1.86. The second kappa shape index (κ2) is 10.9. The summed E-state index contributed by atoms with van der Waals surface area (Å²) in [5.74, 6) is -1.28. The number of allylic oxidation sites excluding steroid dienone is 1. The summed E-state index contributed by atoms with van der Waals surface area (Å²) < 4.78 is 4.16. The number of aromatic carboxylic acids is 1. The van der Waals surface area contributed by atoms with Crippen LogP contribution in [-0.2, 0) is 4.79 Å². The summed E-state index contributed by atoms with van der Waals surface area (Å²) in [6, 6.07) is 21.2. The first-order valence-corrected chi connectivity index (χ1v) is 14.9. The van der Waals surface area contributed by atoms with Gasteiger partial charge in [0.15, 0.2) is 4.80 Å². The molecule has 4 heterocycles. The zero-order chi connectivity index (χ0) is 29.5. The Morgan fingerprint density at radius 3 is 2.40 bits per heavy atom. The van der Waals surface area contributed by atoms with Crippen LogP contribution in [0.25, 0.3) is 11.8 Å². The molecule has 5 aromatic rings. The Morgan fingerprint density at radius 2 is 1.74 bits per heavy atom. The average molecular weight is 595 g/mol. The first-order chi connectivity index (χ1) is 20.2. The van der Waals surface area contributed by atoms with Crippen LogP contribution in [0.4, 0.5) is 5.69 Å². The lowest BCUT2D eigenvalue weighted by Crippen LogP contribution is -2.40. The van der Waals surface area contributed by atoms with Crippen LogP contribution in [0.15, 0.2) is 99.2 Å². The third-order valence-electron chi connectivity index (χ3n) is 7.24. The van der Waals surface area contributed by atoms with Gasteiger partial charge in [-0.2, -0.15) is 0 Å². The third kappa shape index (κ3) is 4.84. The molecule has 8 nitrogen and oxygen atoms in total. The van der Waals surface area contributed by atoms with Gasteiger partial charge in [-0.05, 0) is 86.3 Å². The Bertz CT molecular complexity index is 2050. The van der Waals surface area contributed by atoms with E-state index in [9.17, 15) is 19.5 Å². The molecule has 2 N–H and O–H groups in total. The maximum absolute atomic E-state index is 14.0. The maximum atomic E-state index is 14.0. The molecule has 0 saturated heterocycles. The molecule has 0 saturated carbocycles. The average Bonchev–Trinajstić information content (AvgIpc) is 3.67. The van der Waals surface area contributed by atoms with Gasteiger partial charge in [0.25, 0.3) is 11.5 Å². The van der Waals surface area contributed by atoms with Crippen molar-refractivity contribution in [1.82, 2.24) is 9.13 Å². The number of carbonyl (C=O) groups is 2. The van der Waals surface area contributed by atoms with E-state index in [4.69, 9.17) is 4.99 Å². The molecule has 0 aliphatic carbocycles. The van der Waals surface area contributed by atoms with Gasteiger partial charge in [-0.15, -0.1) is 11.3 Å². The predicted molar refractivity (Wildman–Crippen MR) is 165 cm³/mol. The number of carboxylic acid groups (broad SMARTS) is 1. The van der Waals surface area contributed by atoms with Crippen LogP contribution in [0.3, 0.4) is 0 Å². The Hall–Kier alpha value is -4.80. The number of carbonyl (C=O) groups excluding carboxylic acids is 1. The lowest BCUT2D eigenvalue weighted by molar-refractivity contribution is -0.113. The molecule has 0 spiro atoms. The van der Waals surface area contributed by atoms with Crippen molar-refractivity contribution in [2.45, 2.75) is 26.8 Å². The summed E-state index contributed by atoms with van der Waals surface area (Å²) in [4.78, 5) is 45.0. The number of rotatable bonds is 6. The molecule has 210 valence electrons. The second-order valence-electron chi connectivity index (χ2n) is 9.93. The van der Waals surface area contributed by atoms with E-state index in [1.807, 2.05) is 78.4 Å². The Morgan fingerprint density at radius 1 is 1.00 bits per heavy atom. The zero-order valence-electron chi connectivity index (χ0n) is 23.0. The summed E-state index contributed by atoms with van der Waals surface area (Å²) in [5, 5.41) is 14.2. The molecule has 42 heavy (non-hydrogen) atoms. The third-order valence-corrected chi connectivity index (χ3v) is 9.15. The van der Waals surface area contributed by atoms with Gasteiger partial charge in [0.05, 0.1) is 21.4 Å². The van der Waals surface area contributed by atoms with Crippen LogP contribution >= 0.6 is 22.7 Å². The van der Waals surface area contributed by atoms with E-state index < -0.39 is 12.0 Å². The van der Waals surface area contributed by atoms with Gasteiger partial charge >= 0.3 is 5.97 Å². The highest BCUT2D eigenvalue weighted by atomic mass is 32.1. The van der Waals surface area contributed by atoms with Crippen molar-refractivity contribution in [3.05, 3.63) is 137 Å². The number of carboxylic acids is 1. The van der Waals surface area contributed by atoms with Crippen molar-refractivity contribution in [1.29, 1.82) is 0 Å². The molecule has 1 aliphatic heterocycles. The highest BCUT2D eigenvalue weighted by Gasteiger charge is 2.33. The monoisotopic (exact) mass is 594 g/mol. The molecule has 0 unspecified atom stereocenters. The predicted octanol–water partition coefficient (Wildman–Crippen LogP) is 5.04. The number of anilines is 1. The van der Waals surface area contributed by atoms with Crippen molar-refractivity contribution < 1.29 is 14.7 Å². The minimum absolute atomic E-state index is 0.217. The molecular formula is C32H26N4O4S2. The van der Waals surface area contributed by atoms with Gasteiger partial charge in [0.2, 0.25) is 0 Å². The molecule has 10 heteroatoms. The molecule has 1 amide bonds. The van der Waals surface area contributed by atoms with Crippen molar-refractivity contribution >= 4 is 46.3 Å². The number of hydrogen-bond donors (Lipinski definition) is 2. The molecule has 6 rings (SSSR count). The molecule has 3 aromatic heterocycles. The number of fused-ring (bicyclic) bond motifs is 1.